The minimum atomic E-state index is -3.12. The molecular weight excluding hydrogens is 370 g/mol. The van der Waals surface area contributed by atoms with Gasteiger partial charge in [-0.1, -0.05) is 12.1 Å². The van der Waals surface area contributed by atoms with Crippen molar-refractivity contribution in [1.82, 2.24) is 5.32 Å². The molecule has 2 aliphatic heterocycles. The molecule has 2 atom stereocenters. The Bertz CT molecular complexity index is 876. The van der Waals surface area contributed by atoms with E-state index >= 15 is 0 Å². The summed E-state index contributed by atoms with van der Waals surface area (Å²) in [7, 11) is 0.983. The Kier molecular flexibility index (Phi) is 4.95. The van der Waals surface area contributed by atoms with Gasteiger partial charge in [-0.05, 0) is 18.6 Å². The van der Waals surface area contributed by atoms with Crippen molar-refractivity contribution >= 4 is 11.9 Å². The number of hydrogen-bond donors (Lipinski definition) is 1. The zero-order chi connectivity index (χ0) is 19.9. The summed E-state index contributed by atoms with van der Waals surface area (Å²) in [6.45, 7) is 0.756. The average molecular weight is 385 g/mol. The Morgan fingerprint density at radius 1 is 1.33 bits per heavy atom. The van der Waals surface area contributed by atoms with Gasteiger partial charge in [0.1, 0.15) is 18.6 Å². The molecule has 0 spiro atoms. The average Bonchev–Trinajstić information content (AvgIpc) is 2.99. The third-order valence-corrected chi connectivity index (χ3v) is 4.46. The fourth-order valence-electron chi connectivity index (χ4n) is 3.39. The van der Waals surface area contributed by atoms with Crippen LogP contribution in [0.15, 0.2) is 40.7 Å². The number of nitrogens with one attached hydrogen (secondary N) is 1. The summed E-state index contributed by atoms with van der Waals surface area (Å²) in [4.78, 5) is 24.5. The second-order valence-corrected chi connectivity index (χ2v) is 6.00. The first-order chi connectivity index (χ1) is 12.8. The lowest BCUT2D eigenvalue weighted by Gasteiger charge is -2.29. The van der Waals surface area contributed by atoms with Crippen molar-refractivity contribution in [1.29, 1.82) is 0 Å². The molecule has 0 amide bonds. The molecule has 5 nitrogen and oxygen atoms in total. The number of cyclic esters (lactones) is 1. The predicted octanol–water partition coefficient (Wildman–Crippen LogP) is 3.05. The second kappa shape index (κ2) is 7.05. The molecule has 1 aromatic carbocycles. The van der Waals surface area contributed by atoms with Gasteiger partial charge in [0.05, 0.1) is 35.6 Å². The van der Waals surface area contributed by atoms with E-state index in [9.17, 15) is 27.2 Å². The van der Waals surface area contributed by atoms with E-state index in [1.54, 1.807) is 0 Å². The van der Waals surface area contributed by atoms with Crippen molar-refractivity contribution in [3.63, 3.8) is 0 Å². The van der Waals surface area contributed by atoms with E-state index in [0.29, 0.717) is 0 Å². The number of carbonyl (C=O) groups is 2. The number of benzene rings is 1. The van der Waals surface area contributed by atoms with Gasteiger partial charge in [-0.25, -0.2) is 27.2 Å². The second-order valence-electron chi connectivity index (χ2n) is 6.00. The van der Waals surface area contributed by atoms with Crippen molar-refractivity contribution in [3.05, 3.63) is 57.7 Å². The fraction of sp³-hybridized carbons (Fsp3) is 0.333. The minimum absolute atomic E-state index is 0.0228. The molecule has 2 aliphatic rings. The van der Waals surface area contributed by atoms with Gasteiger partial charge in [-0.15, -0.1) is 0 Å². The molecule has 0 bridgehead atoms. The van der Waals surface area contributed by atoms with Gasteiger partial charge in [-0.2, -0.15) is 0 Å². The third-order valence-electron chi connectivity index (χ3n) is 4.46. The van der Waals surface area contributed by atoms with Crippen LogP contribution >= 0.6 is 0 Å². The van der Waals surface area contributed by atoms with Crippen molar-refractivity contribution in [2.24, 2.45) is 0 Å². The summed E-state index contributed by atoms with van der Waals surface area (Å²) in [5.41, 5.74) is -2.03. The molecule has 0 saturated carbocycles. The van der Waals surface area contributed by atoms with Crippen molar-refractivity contribution in [3.8, 4) is 0 Å². The Hall–Kier alpha value is -2.84. The Morgan fingerprint density at radius 2 is 2.04 bits per heavy atom. The van der Waals surface area contributed by atoms with E-state index in [1.165, 1.54) is 12.1 Å². The SMILES string of the molecule is COC(=O)C1=C(C(F)F)NC2=C(C(=O)OC2)[C@H]1c1cccc(F)c1[C@@H](C)F. The smallest absolute Gasteiger partial charge is 0.337 e. The van der Waals surface area contributed by atoms with E-state index in [-0.39, 0.29) is 23.4 Å². The number of alkyl halides is 3. The van der Waals surface area contributed by atoms with Crippen LogP contribution in [0.4, 0.5) is 17.6 Å². The zero-order valence-electron chi connectivity index (χ0n) is 14.3. The predicted molar refractivity (Wildman–Crippen MR) is 84.8 cm³/mol. The monoisotopic (exact) mass is 385 g/mol. The molecule has 9 heteroatoms. The number of hydrogen-bond acceptors (Lipinski definition) is 5. The van der Waals surface area contributed by atoms with Crippen LogP contribution in [0.1, 0.15) is 30.1 Å². The largest absolute Gasteiger partial charge is 0.466 e. The van der Waals surface area contributed by atoms with Crippen LogP contribution in [-0.4, -0.2) is 32.1 Å². The zero-order valence-corrected chi connectivity index (χ0v) is 14.3. The van der Waals surface area contributed by atoms with Crippen LogP contribution in [-0.2, 0) is 19.1 Å². The first-order valence-corrected chi connectivity index (χ1v) is 7.98. The van der Waals surface area contributed by atoms with Crippen LogP contribution in [0.25, 0.3) is 0 Å². The Balaban J connectivity index is 2.34. The summed E-state index contributed by atoms with van der Waals surface area (Å²) in [6.07, 6.45) is -4.93. The topological polar surface area (TPSA) is 64.6 Å². The first kappa shape index (κ1) is 18.9. The maximum absolute atomic E-state index is 14.3. The van der Waals surface area contributed by atoms with Gasteiger partial charge in [0.15, 0.2) is 0 Å². The van der Waals surface area contributed by atoms with Crippen LogP contribution in [0.5, 0.6) is 0 Å². The fourth-order valence-corrected chi connectivity index (χ4v) is 3.39. The Morgan fingerprint density at radius 3 is 2.63 bits per heavy atom. The van der Waals surface area contributed by atoms with E-state index in [4.69, 9.17) is 4.74 Å². The molecule has 27 heavy (non-hydrogen) atoms. The van der Waals surface area contributed by atoms with Crippen molar-refractivity contribution < 1.29 is 36.6 Å². The molecule has 0 unspecified atom stereocenters. The standard InChI is InChI=1S/C18H15F4NO4/c1-7(19)11-8(4-3-5-9(11)20)12-13-10(6-27-18(13)25)23-15(16(21)22)14(12)17(24)26-2/h3-5,7,12,16,23H,6H2,1-2H3/t7-,12-/m1/s1. The van der Waals surface area contributed by atoms with Gasteiger partial charge < -0.3 is 14.8 Å². The number of methoxy groups -OCH3 is 1. The lowest BCUT2D eigenvalue weighted by atomic mass is 9.78. The summed E-state index contributed by atoms with van der Waals surface area (Å²) < 4.78 is 65.2. The molecular formula is C18H15F4NO4. The van der Waals surface area contributed by atoms with Crippen molar-refractivity contribution in [2.75, 3.05) is 13.7 Å². The quantitative estimate of drug-likeness (QED) is 0.638. The molecule has 1 aromatic rings. The van der Waals surface area contributed by atoms with E-state index in [1.807, 2.05) is 0 Å². The molecule has 3 rings (SSSR count). The van der Waals surface area contributed by atoms with Crippen LogP contribution in [0, 0.1) is 5.82 Å². The third kappa shape index (κ3) is 3.07. The van der Waals surface area contributed by atoms with Gasteiger partial charge in [0.2, 0.25) is 0 Å². The highest BCUT2D eigenvalue weighted by Gasteiger charge is 2.45. The Labute approximate surface area is 151 Å². The summed E-state index contributed by atoms with van der Waals surface area (Å²) in [5.74, 6) is -4.37. The minimum Gasteiger partial charge on any atom is -0.466 e. The highest BCUT2D eigenvalue weighted by Crippen LogP contribution is 2.45. The number of dihydropyridines is 1. The maximum Gasteiger partial charge on any atom is 0.337 e. The van der Waals surface area contributed by atoms with E-state index < -0.39 is 53.1 Å². The lowest BCUT2D eigenvalue weighted by Crippen LogP contribution is -2.34. The van der Waals surface area contributed by atoms with Crippen LogP contribution in [0.2, 0.25) is 0 Å². The molecule has 1 N–H and O–H groups in total. The first-order valence-electron chi connectivity index (χ1n) is 7.98. The van der Waals surface area contributed by atoms with Gasteiger partial charge in [0.25, 0.3) is 6.43 Å². The van der Waals surface area contributed by atoms with E-state index in [0.717, 1.165) is 20.1 Å². The molecule has 0 radical (unpaired) electrons. The van der Waals surface area contributed by atoms with Gasteiger partial charge in [-0.3, -0.25) is 0 Å². The highest BCUT2D eigenvalue weighted by molar-refractivity contribution is 6.01. The summed E-state index contributed by atoms with van der Waals surface area (Å²) >= 11 is 0. The summed E-state index contributed by atoms with van der Waals surface area (Å²) in [5, 5.41) is 2.35. The van der Waals surface area contributed by atoms with Crippen LogP contribution in [0.3, 0.4) is 0 Å². The maximum atomic E-state index is 14.3. The van der Waals surface area contributed by atoms with Crippen molar-refractivity contribution in [2.45, 2.75) is 25.4 Å². The summed E-state index contributed by atoms with van der Waals surface area (Å²) in [6, 6.07) is 3.54. The number of halogens is 4. The highest BCUT2D eigenvalue weighted by atomic mass is 19.3. The number of rotatable bonds is 4. The van der Waals surface area contributed by atoms with Gasteiger partial charge in [0, 0.05) is 5.56 Å². The number of allylic oxidation sites excluding steroid dienone is 1. The van der Waals surface area contributed by atoms with Gasteiger partial charge >= 0.3 is 11.9 Å². The van der Waals surface area contributed by atoms with E-state index in [2.05, 4.69) is 10.1 Å². The number of ether oxygens (including phenoxy) is 2. The lowest BCUT2D eigenvalue weighted by molar-refractivity contribution is -0.136. The molecule has 144 valence electrons. The molecule has 0 fully saturated rings. The van der Waals surface area contributed by atoms with Crippen LogP contribution < -0.4 is 5.32 Å². The molecule has 0 saturated heterocycles. The number of carbonyl (C=O) groups excluding carboxylic acids is 2. The number of esters is 2. The molecule has 0 aromatic heterocycles. The molecule has 0 aliphatic carbocycles. The molecule has 2 heterocycles. The normalized spacial score (nSPS) is 20.4.